The highest BCUT2D eigenvalue weighted by Gasteiger charge is 2.21. The van der Waals surface area contributed by atoms with E-state index in [0.29, 0.717) is 35.3 Å². The molecule has 2 aliphatic rings. The summed E-state index contributed by atoms with van der Waals surface area (Å²) in [6.07, 6.45) is 0.496. The Bertz CT molecular complexity index is 659. The molecule has 0 unspecified atom stereocenters. The van der Waals surface area contributed by atoms with Crippen molar-refractivity contribution >= 4 is 29.2 Å². The number of rotatable bonds is 3. The van der Waals surface area contributed by atoms with Crippen molar-refractivity contribution in [2.75, 3.05) is 13.2 Å². The molecule has 0 bridgehead atoms. The highest BCUT2D eigenvalue weighted by Crippen LogP contribution is 2.38. The summed E-state index contributed by atoms with van der Waals surface area (Å²) in [5.74, 6) is 0.260. The zero-order valence-electron chi connectivity index (χ0n) is 11.6. The molecule has 1 N–H and O–H groups in total. The van der Waals surface area contributed by atoms with Gasteiger partial charge in [-0.05, 0) is 17.7 Å². The number of hydrogen-bond donors (Lipinski definition) is 1. The largest absolute Gasteiger partial charge is 0.486 e. The quantitative estimate of drug-likeness (QED) is 0.850. The number of hydrazone groups is 1. The second kappa shape index (κ2) is 6.23. The maximum absolute atomic E-state index is 11.9. The molecule has 0 saturated carbocycles. The third-order valence-electron chi connectivity index (χ3n) is 3.17. The van der Waals surface area contributed by atoms with Crippen molar-refractivity contribution in [2.45, 2.75) is 19.4 Å². The van der Waals surface area contributed by atoms with Crippen LogP contribution in [0.3, 0.4) is 0 Å². The molecule has 1 aromatic carbocycles. The molecule has 116 valence electrons. The lowest BCUT2D eigenvalue weighted by Gasteiger charge is -2.20. The smallest absolute Gasteiger partial charge is 0.354 e. The van der Waals surface area contributed by atoms with Crippen LogP contribution in [0.1, 0.15) is 18.4 Å². The van der Waals surface area contributed by atoms with E-state index in [1.54, 1.807) is 12.1 Å². The van der Waals surface area contributed by atoms with Crippen LogP contribution in [-0.4, -0.2) is 30.8 Å². The predicted molar refractivity (Wildman–Crippen MR) is 77.0 cm³/mol. The van der Waals surface area contributed by atoms with Crippen LogP contribution in [0, 0.1) is 0 Å². The molecule has 0 spiro atoms. The van der Waals surface area contributed by atoms with Crippen molar-refractivity contribution in [2.24, 2.45) is 5.10 Å². The molecule has 0 fully saturated rings. The number of esters is 1. The molecular formula is C14H13ClN2O5. The molecule has 1 aromatic rings. The van der Waals surface area contributed by atoms with Gasteiger partial charge in [0.15, 0.2) is 11.5 Å². The number of nitrogens with zero attached hydrogens (tertiary/aromatic N) is 1. The van der Waals surface area contributed by atoms with E-state index >= 15 is 0 Å². The van der Waals surface area contributed by atoms with E-state index in [2.05, 4.69) is 10.5 Å². The number of nitrogens with one attached hydrogen (secondary N) is 1. The number of hydrogen-bond acceptors (Lipinski definition) is 6. The molecule has 0 aromatic heterocycles. The fourth-order valence-corrected chi connectivity index (χ4v) is 2.39. The van der Waals surface area contributed by atoms with Gasteiger partial charge in [-0.15, -0.1) is 0 Å². The average molecular weight is 325 g/mol. The maximum Gasteiger partial charge on any atom is 0.354 e. The van der Waals surface area contributed by atoms with E-state index in [1.165, 1.54) is 0 Å². The van der Waals surface area contributed by atoms with Crippen molar-refractivity contribution in [3.8, 4) is 11.5 Å². The lowest BCUT2D eigenvalue weighted by molar-refractivity contribution is -0.137. The highest BCUT2D eigenvalue weighted by molar-refractivity contribution is 6.37. The van der Waals surface area contributed by atoms with Crippen molar-refractivity contribution in [3.63, 3.8) is 0 Å². The second-order valence-corrected chi connectivity index (χ2v) is 5.18. The minimum absolute atomic E-state index is 0.0299. The van der Waals surface area contributed by atoms with Crippen LogP contribution in [0.5, 0.6) is 11.5 Å². The first kappa shape index (κ1) is 14.6. The van der Waals surface area contributed by atoms with Gasteiger partial charge in [0.05, 0.1) is 5.02 Å². The summed E-state index contributed by atoms with van der Waals surface area (Å²) in [7, 11) is 0. The number of halogens is 1. The van der Waals surface area contributed by atoms with Gasteiger partial charge in [-0.2, -0.15) is 5.10 Å². The summed E-state index contributed by atoms with van der Waals surface area (Å²) in [5.41, 5.74) is 3.13. The van der Waals surface area contributed by atoms with Crippen LogP contribution in [-0.2, 0) is 20.9 Å². The Kier molecular flexibility index (Phi) is 4.15. The van der Waals surface area contributed by atoms with E-state index in [0.717, 1.165) is 0 Å². The van der Waals surface area contributed by atoms with Gasteiger partial charge in [0, 0.05) is 12.8 Å². The standard InChI is InChI=1S/C14H13ClN2O5/c15-9-5-8(6-11-13(9)21-4-3-20-11)7-22-14(19)10-1-2-12(18)17-16-10/h5-6H,1-4,7H2,(H,17,18). The second-order valence-electron chi connectivity index (χ2n) is 4.77. The molecule has 0 aliphatic carbocycles. The molecule has 7 nitrogen and oxygen atoms in total. The third-order valence-corrected chi connectivity index (χ3v) is 3.45. The Morgan fingerprint density at radius 2 is 2.14 bits per heavy atom. The molecule has 1 amide bonds. The number of carbonyl (C=O) groups is 2. The minimum atomic E-state index is -0.564. The number of fused-ring (bicyclic) bond motifs is 1. The van der Waals surface area contributed by atoms with Crippen LogP contribution < -0.4 is 14.9 Å². The van der Waals surface area contributed by atoms with Crippen molar-refractivity contribution in [1.29, 1.82) is 0 Å². The molecule has 0 saturated heterocycles. The van der Waals surface area contributed by atoms with E-state index in [9.17, 15) is 9.59 Å². The van der Waals surface area contributed by atoms with Gasteiger partial charge in [0.1, 0.15) is 25.5 Å². The Morgan fingerprint density at radius 1 is 1.32 bits per heavy atom. The van der Waals surface area contributed by atoms with Gasteiger partial charge < -0.3 is 14.2 Å². The number of benzene rings is 1. The molecule has 0 radical (unpaired) electrons. The maximum atomic E-state index is 11.9. The highest BCUT2D eigenvalue weighted by atomic mass is 35.5. The van der Waals surface area contributed by atoms with Crippen LogP contribution in [0.4, 0.5) is 0 Å². The van der Waals surface area contributed by atoms with Gasteiger partial charge in [-0.3, -0.25) is 4.79 Å². The van der Waals surface area contributed by atoms with Gasteiger partial charge in [-0.1, -0.05) is 11.6 Å². The third kappa shape index (κ3) is 3.14. The number of amides is 1. The monoisotopic (exact) mass is 324 g/mol. The fraction of sp³-hybridized carbons (Fsp3) is 0.357. The molecule has 2 aliphatic heterocycles. The summed E-state index contributed by atoms with van der Waals surface area (Å²) in [6, 6.07) is 3.38. The molecule has 22 heavy (non-hydrogen) atoms. The Labute approximate surface area is 131 Å². The van der Waals surface area contributed by atoms with Gasteiger partial charge >= 0.3 is 5.97 Å². The molecule has 8 heteroatoms. The van der Waals surface area contributed by atoms with Gasteiger partial charge in [-0.25, -0.2) is 10.2 Å². The van der Waals surface area contributed by atoms with E-state index in [1.807, 2.05) is 0 Å². The lowest BCUT2D eigenvalue weighted by atomic mass is 10.2. The van der Waals surface area contributed by atoms with Crippen molar-refractivity contribution in [1.82, 2.24) is 5.43 Å². The van der Waals surface area contributed by atoms with Crippen molar-refractivity contribution < 1.29 is 23.8 Å². The SMILES string of the molecule is O=C1CCC(C(=O)OCc2cc(Cl)c3c(c2)OCCO3)=NN1. The topological polar surface area (TPSA) is 86.2 Å². The Hall–Kier alpha value is -2.28. The average Bonchev–Trinajstić information content (AvgIpc) is 2.53. The van der Waals surface area contributed by atoms with E-state index in [4.69, 9.17) is 25.8 Å². The molecule has 0 atom stereocenters. The minimum Gasteiger partial charge on any atom is -0.486 e. The van der Waals surface area contributed by atoms with E-state index in [-0.39, 0.29) is 31.1 Å². The van der Waals surface area contributed by atoms with Crippen LogP contribution >= 0.6 is 11.6 Å². The van der Waals surface area contributed by atoms with Crippen LogP contribution in [0.2, 0.25) is 5.02 Å². The Morgan fingerprint density at radius 3 is 2.91 bits per heavy atom. The van der Waals surface area contributed by atoms with Crippen molar-refractivity contribution in [3.05, 3.63) is 22.7 Å². The normalized spacial score (nSPS) is 16.6. The first-order chi connectivity index (χ1) is 10.6. The number of carbonyl (C=O) groups excluding carboxylic acids is 2. The van der Waals surface area contributed by atoms with Crippen LogP contribution in [0.25, 0.3) is 0 Å². The zero-order chi connectivity index (χ0) is 15.5. The van der Waals surface area contributed by atoms with Gasteiger partial charge in [0.2, 0.25) is 5.91 Å². The fourth-order valence-electron chi connectivity index (χ4n) is 2.10. The summed E-state index contributed by atoms with van der Waals surface area (Å²) in [4.78, 5) is 22.8. The predicted octanol–water partition coefficient (Wildman–Crippen LogP) is 1.42. The summed E-state index contributed by atoms with van der Waals surface area (Å²) in [5, 5.41) is 4.09. The van der Waals surface area contributed by atoms with Crippen LogP contribution in [0.15, 0.2) is 17.2 Å². The summed E-state index contributed by atoms with van der Waals surface area (Å²) < 4.78 is 16.0. The molecule has 3 rings (SSSR count). The number of ether oxygens (including phenoxy) is 3. The zero-order valence-corrected chi connectivity index (χ0v) is 12.3. The molecule has 2 heterocycles. The first-order valence-electron chi connectivity index (χ1n) is 6.74. The lowest BCUT2D eigenvalue weighted by Crippen LogP contribution is -2.30. The molecular weight excluding hydrogens is 312 g/mol. The first-order valence-corrected chi connectivity index (χ1v) is 7.12. The van der Waals surface area contributed by atoms with Gasteiger partial charge in [0.25, 0.3) is 0 Å². The van der Waals surface area contributed by atoms with E-state index < -0.39 is 5.97 Å². The Balaban J connectivity index is 1.65. The summed E-state index contributed by atoms with van der Waals surface area (Å²) in [6.45, 7) is 0.928. The summed E-state index contributed by atoms with van der Waals surface area (Å²) >= 11 is 6.11.